The molecule has 0 aromatic heterocycles. The van der Waals surface area contributed by atoms with Crippen molar-refractivity contribution < 1.29 is 28.6 Å². The summed E-state index contributed by atoms with van der Waals surface area (Å²) in [4.78, 5) is 39.7. The number of barbiturate groups is 1. The number of nitrogens with one attached hydrogen (secondary N) is 1. The van der Waals surface area contributed by atoms with Crippen molar-refractivity contribution >= 4 is 52.8 Å². The van der Waals surface area contributed by atoms with Crippen LogP contribution in [0.15, 0.2) is 84.4 Å². The molecule has 8 nitrogen and oxygen atoms in total. The first kappa shape index (κ1) is 30.7. The topological polar surface area (TPSA) is 94.2 Å². The Morgan fingerprint density at radius 2 is 1.52 bits per heavy atom. The summed E-state index contributed by atoms with van der Waals surface area (Å²) in [6, 6.07) is 21.8. The first-order valence-electron chi connectivity index (χ1n) is 13.6. The molecule has 1 aliphatic rings. The largest absolute Gasteiger partial charge is 0.493 e. The van der Waals surface area contributed by atoms with Gasteiger partial charge in [-0.05, 0) is 79.6 Å². The van der Waals surface area contributed by atoms with Gasteiger partial charge in [-0.2, -0.15) is 0 Å². The van der Waals surface area contributed by atoms with E-state index in [1.165, 1.54) is 13.2 Å². The highest BCUT2D eigenvalue weighted by Crippen LogP contribution is 2.31. The highest BCUT2D eigenvalue weighted by atomic mass is 35.5. The highest BCUT2D eigenvalue weighted by Gasteiger charge is 2.36. The number of methoxy groups -OCH3 is 1. The van der Waals surface area contributed by atoms with Crippen LogP contribution in [0.3, 0.4) is 0 Å². The molecular formula is C34H28Cl2N2O6. The second kappa shape index (κ2) is 13.2. The Labute approximate surface area is 264 Å². The number of amides is 4. The summed E-state index contributed by atoms with van der Waals surface area (Å²) >= 11 is 12.2. The predicted octanol–water partition coefficient (Wildman–Crippen LogP) is 7.44. The number of hydrogen-bond acceptors (Lipinski definition) is 6. The second-order valence-electron chi connectivity index (χ2n) is 10.2. The van der Waals surface area contributed by atoms with Crippen LogP contribution >= 0.6 is 23.2 Å². The lowest BCUT2D eigenvalue weighted by atomic mass is 10.1. The number of aryl methyl sites for hydroxylation is 2. The smallest absolute Gasteiger partial charge is 0.335 e. The van der Waals surface area contributed by atoms with Crippen molar-refractivity contribution in [3.05, 3.63) is 122 Å². The molecule has 4 aromatic carbocycles. The summed E-state index contributed by atoms with van der Waals surface area (Å²) < 4.78 is 17.3. The van der Waals surface area contributed by atoms with Crippen LogP contribution in [0.2, 0.25) is 10.0 Å². The van der Waals surface area contributed by atoms with Gasteiger partial charge in [0.2, 0.25) is 0 Å². The third kappa shape index (κ3) is 7.05. The van der Waals surface area contributed by atoms with Crippen LogP contribution < -0.4 is 24.4 Å². The molecule has 44 heavy (non-hydrogen) atoms. The monoisotopic (exact) mass is 630 g/mol. The Bertz CT molecular complexity index is 1770. The minimum Gasteiger partial charge on any atom is -0.493 e. The molecule has 0 saturated carbocycles. The van der Waals surface area contributed by atoms with Crippen LogP contribution in [-0.2, 0) is 22.8 Å². The van der Waals surface area contributed by atoms with Gasteiger partial charge < -0.3 is 14.2 Å². The molecule has 0 atom stereocenters. The molecule has 1 saturated heterocycles. The standard InChI is InChI=1S/C34H28Cl2N2O6/c1-20-12-21(2)14-23(13-20)18-44-30-11-4-22(16-31(30)42-3)15-28-32(39)37-34(41)38(33(28)40)26-7-9-27(10-8-26)43-19-24-5-6-25(35)17-29(24)36/h4-17H,18-19H2,1-3H3,(H,37,39,41)/b28-15+. The van der Waals surface area contributed by atoms with Crippen molar-refractivity contribution in [2.75, 3.05) is 12.0 Å². The van der Waals surface area contributed by atoms with Gasteiger partial charge in [-0.1, -0.05) is 64.7 Å². The van der Waals surface area contributed by atoms with E-state index in [9.17, 15) is 14.4 Å². The van der Waals surface area contributed by atoms with Crippen LogP contribution in [0, 0.1) is 13.8 Å². The van der Waals surface area contributed by atoms with Crippen molar-refractivity contribution in [3.8, 4) is 17.2 Å². The number of ether oxygens (including phenoxy) is 3. The number of carbonyl (C=O) groups is 3. The SMILES string of the molecule is COc1cc(/C=C2\C(=O)NC(=O)N(c3ccc(OCc4ccc(Cl)cc4Cl)cc3)C2=O)ccc1OCc1cc(C)cc(C)c1. The number of imide groups is 2. The molecule has 0 bridgehead atoms. The number of halogens is 2. The third-order valence-corrected chi connectivity index (χ3v) is 7.37. The molecule has 4 aromatic rings. The lowest BCUT2D eigenvalue weighted by Crippen LogP contribution is -2.54. The first-order valence-corrected chi connectivity index (χ1v) is 14.3. The number of carbonyl (C=O) groups excluding carboxylic acids is 3. The van der Waals surface area contributed by atoms with E-state index in [1.807, 2.05) is 13.8 Å². The molecule has 0 aliphatic carbocycles. The van der Waals surface area contributed by atoms with Gasteiger partial charge in [0.25, 0.3) is 11.8 Å². The van der Waals surface area contributed by atoms with Crippen LogP contribution in [-0.4, -0.2) is 25.0 Å². The molecule has 1 heterocycles. The van der Waals surface area contributed by atoms with Gasteiger partial charge in [-0.25, -0.2) is 9.69 Å². The molecule has 5 rings (SSSR count). The maximum atomic E-state index is 13.4. The number of urea groups is 1. The fraction of sp³-hybridized carbons (Fsp3) is 0.147. The van der Waals surface area contributed by atoms with Crippen molar-refractivity contribution in [1.29, 1.82) is 0 Å². The van der Waals surface area contributed by atoms with E-state index in [0.29, 0.717) is 39.5 Å². The van der Waals surface area contributed by atoms with E-state index < -0.39 is 17.8 Å². The molecular weight excluding hydrogens is 603 g/mol. The third-order valence-electron chi connectivity index (χ3n) is 6.78. The summed E-state index contributed by atoms with van der Waals surface area (Å²) in [6.07, 6.45) is 1.40. The molecule has 0 spiro atoms. The molecule has 224 valence electrons. The Balaban J connectivity index is 1.31. The Kier molecular flexibility index (Phi) is 9.23. The number of hydrogen-bond donors (Lipinski definition) is 1. The van der Waals surface area contributed by atoms with Gasteiger partial charge in [0.05, 0.1) is 12.8 Å². The highest BCUT2D eigenvalue weighted by molar-refractivity contribution is 6.39. The summed E-state index contributed by atoms with van der Waals surface area (Å²) in [7, 11) is 1.51. The van der Waals surface area contributed by atoms with E-state index >= 15 is 0 Å². The van der Waals surface area contributed by atoms with Gasteiger partial charge in [-0.3, -0.25) is 14.9 Å². The molecule has 4 amide bonds. The van der Waals surface area contributed by atoms with Crippen molar-refractivity contribution in [2.45, 2.75) is 27.1 Å². The fourth-order valence-electron chi connectivity index (χ4n) is 4.76. The number of rotatable bonds is 9. The van der Waals surface area contributed by atoms with Crippen molar-refractivity contribution in [1.82, 2.24) is 5.32 Å². The van der Waals surface area contributed by atoms with Crippen molar-refractivity contribution in [3.63, 3.8) is 0 Å². The number of benzene rings is 4. The average molecular weight is 632 g/mol. The van der Waals surface area contributed by atoms with Gasteiger partial charge >= 0.3 is 6.03 Å². The van der Waals surface area contributed by atoms with E-state index in [2.05, 4.69) is 23.5 Å². The fourth-order valence-corrected chi connectivity index (χ4v) is 5.22. The van der Waals surface area contributed by atoms with Crippen LogP contribution in [0.5, 0.6) is 17.2 Å². The van der Waals surface area contributed by atoms with Crippen LogP contribution in [0.4, 0.5) is 10.5 Å². The summed E-state index contributed by atoms with van der Waals surface area (Å²) in [6.45, 7) is 4.59. The van der Waals surface area contributed by atoms with Gasteiger partial charge in [0.1, 0.15) is 24.5 Å². The van der Waals surface area contributed by atoms with Gasteiger partial charge in [0.15, 0.2) is 11.5 Å². The van der Waals surface area contributed by atoms with E-state index in [0.717, 1.165) is 27.2 Å². The van der Waals surface area contributed by atoms with Crippen LogP contribution in [0.1, 0.15) is 27.8 Å². The first-order chi connectivity index (χ1) is 21.1. The normalized spacial score (nSPS) is 14.1. The number of anilines is 1. The van der Waals surface area contributed by atoms with Gasteiger partial charge in [0, 0.05) is 15.6 Å². The number of nitrogens with zero attached hydrogens (tertiary/aromatic N) is 1. The molecule has 1 aliphatic heterocycles. The molecule has 0 unspecified atom stereocenters. The second-order valence-corrected chi connectivity index (χ2v) is 11.0. The molecule has 0 radical (unpaired) electrons. The zero-order valence-corrected chi connectivity index (χ0v) is 25.7. The Hall–Kier alpha value is -4.79. The average Bonchev–Trinajstić information content (AvgIpc) is 2.98. The minimum absolute atomic E-state index is 0.193. The zero-order chi connectivity index (χ0) is 31.4. The summed E-state index contributed by atoms with van der Waals surface area (Å²) in [5, 5.41) is 3.23. The molecule has 10 heteroatoms. The van der Waals surface area contributed by atoms with E-state index in [-0.39, 0.29) is 17.9 Å². The summed E-state index contributed by atoms with van der Waals surface area (Å²) in [5.41, 5.74) is 4.61. The lowest BCUT2D eigenvalue weighted by molar-refractivity contribution is -0.122. The quantitative estimate of drug-likeness (QED) is 0.152. The summed E-state index contributed by atoms with van der Waals surface area (Å²) in [5.74, 6) is -0.149. The molecule has 1 N–H and O–H groups in total. The zero-order valence-electron chi connectivity index (χ0n) is 24.1. The minimum atomic E-state index is -0.855. The van der Waals surface area contributed by atoms with E-state index in [4.69, 9.17) is 37.4 Å². The maximum absolute atomic E-state index is 13.4. The maximum Gasteiger partial charge on any atom is 0.335 e. The molecule has 1 fully saturated rings. The predicted molar refractivity (Wildman–Crippen MR) is 169 cm³/mol. The Morgan fingerprint density at radius 3 is 2.20 bits per heavy atom. The van der Waals surface area contributed by atoms with E-state index in [1.54, 1.807) is 60.7 Å². The lowest BCUT2D eigenvalue weighted by Gasteiger charge is -2.26. The van der Waals surface area contributed by atoms with Crippen LogP contribution in [0.25, 0.3) is 6.08 Å². The van der Waals surface area contributed by atoms with Gasteiger partial charge in [-0.15, -0.1) is 0 Å². The Morgan fingerprint density at radius 1 is 0.795 bits per heavy atom. The van der Waals surface area contributed by atoms with Crippen molar-refractivity contribution in [2.24, 2.45) is 0 Å².